The van der Waals surface area contributed by atoms with Gasteiger partial charge in [-0.05, 0) is 43.5 Å². The Hall–Kier alpha value is -1.95. The van der Waals surface area contributed by atoms with Gasteiger partial charge in [0.15, 0.2) is 0 Å². The van der Waals surface area contributed by atoms with Crippen molar-refractivity contribution in [3.63, 3.8) is 0 Å². The number of halogens is 1. The molecule has 22 heavy (non-hydrogen) atoms. The normalized spacial score (nSPS) is 21.2. The predicted molar refractivity (Wildman–Crippen MR) is 80.7 cm³/mol. The smallest absolute Gasteiger partial charge is 0.313 e. The van der Waals surface area contributed by atoms with Crippen molar-refractivity contribution in [1.29, 1.82) is 0 Å². The second-order valence-electron chi connectivity index (χ2n) is 5.74. The maximum absolute atomic E-state index is 13.1. The Labute approximate surface area is 128 Å². The second kappa shape index (κ2) is 7.35. The molecular weight excluding hydrogens is 287 g/mol. The molecule has 3 N–H and O–H groups in total. The molecule has 0 saturated heterocycles. The number of amides is 2. The summed E-state index contributed by atoms with van der Waals surface area (Å²) in [6, 6.07) is 4.10. The van der Waals surface area contributed by atoms with E-state index in [0.29, 0.717) is 11.3 Å². The molecular formula is C16H21FN2O3. The van der Waals surface area contributed by atoms with E-state index in [2.05, 4.69) is 10.6 Å². The first kappa shape index (κ1) is 16.4. The van der Waals surface area contributed by atoms with Gasteiger partial charge < -0.3 is 15.7 Å². The van der Waals surface area contributed by atoms with Gasteiger partial charge in [0.2, 0.25) is 0 Å². The lowest BCUT2D eigenvalue weighted by molar-refractivity contribution is -0.136. The third kappa shape index (κ3) is 4.27. The van der Waals surface area contributed by atoms with Crippen LogP contribution in [0.3, 0.4) is 0 Å². The second-order valence-corrected chi connectivity index (χ2v) is 5.74. The van der Waals surface area contributed by atoms with E-state index in [1.54, 1.807) is 6.92 Å². The molecule has 0 aliphatic heterocycles. The van der Waals surface area contributed by atoms with E-state index >= 15 is 0 Å². The molecule has 0 aromatic heterocycles. The van der Waals surface area contributed by atoms with Crippen molar-refractivity contribution in [1.82, 2.24) is 5.32 Å². The van der Waals surface area contributed by atoms with Crippen LogP contribution >= 0.6 is 0 Å². The van der Waals surface area contributed by atoms with Gasteiger partial charge in [-0.2, -0.15) is 0 Å². The Balaban J connectivity index is 1.84. The molecule has 5 nitrogen and oxygen atoms in total. The average Bonchev–Trinajstić information content (AvgIpc) is 2.50. The zero-order chi connectivity index (χ0) is 16.1. The van der Waals surface area contributed by atoms with E-state index in [4.69, 9.17) is 0 Å². The first-order chi connectivity index (χ1) is 10.5. The van der Waals surface area contributed by atoms with Crippen LogP contribution in [-0.2, 0) is 9.59 Å². The molecule has 120 valence electrons. The number of hydrogen-bond acceptors (Lipinski definition) is 3. The van der Waals surface area contributed by atoms with Crippen LogP contribution in [0.1, 0.15) is 31.2 Å². The van der Waals surface area contributed by atoms with Gasteiger partial charge in [0.25, 0.3) is 0 Å². The fourth-order valence-electron chi connectivity index (χ4n) is 2.64. The third-order valence-corrected chi connectivity index (χ3v) is 4.02. The SMILES string of the molecule is Cc1cc(NC(=O)C(=O)NC[C@H]2CCCC[C@H]2O)ccc1F. The lowest BCUT2D eigenvalue weighted by Gasteiger charge is -2.27. The van der Waals surface area contributed by atoms with Gasteiger partial charge in [-0.3, -0.25) is 9.59 Å². The number of nitrogens with one attached hydrogen (secondary N) is 2. The van der Waals surface area contributed by atoms with Gasteiger partial charge in [0, 0.05) is 18.2 Å². The van der Waals surface area contributed by atoms with Crippen molar-refractivity contribution < 1.29 is 19.1 Å². The largest absolute Gasteiger partial charge is 0.393 e. The van der Waals surface area contributed by atoms with Gasteiger partial charge in [0.05, 0.1) is 6.10 Å². The molecule has 0 spiro atoms. The molecule has 0 heterocycles. The van der Waals surface area contributed by atoms with E-state index in [9.17, 15) is 19.1 Å². The van der Waals surface area contributed by atoms with E-state index < -0.39 is 17.9 Å². The lowest BCUT2D eigenvalue weighted by Crippen LogP contribution is -2.41. The highest BCUT2D eigenvalue weighted by atomic mass is 19.1. The van der Waals surface area contributed by atoms with Crippen molar-refractivity contribution in [2.45, 2.75) is 38.7 Å². The predicted octanol–water partition coefficient (Wildman–Crippen LogP) is 1.74. The molecule has 6 heteroatoms. The molecule has 1 aliphatic carbocycles. The summed E-state index contributed by atoms with van der Waals surface area (Å²) in [4.78, 5) is 23.6. The fraction of sp³-hybridized carbons (Fsp3) is 0.500. The van der Waals surface area contributed by atoms with Crippen LogP contribution in [-0.4, -0.2) is 29.6 Å². The molecule has 2 atom stereocenters. The number of carbonyl (C=O) groups excluding carboxylic acids is 2. The van der Waals surface area contributed by atoms with Gasteiger partial charge in [-0.25, -0.2) is 4.39 Å². The average molecular weight is 308 g/mol. The molecule has 0 unspecified atom stereocenters. The third-order valence-electron chi connectivity index (χ3n) is 4.02. The number of benzene rings is 1. The van der Waals surface area contributed by atoms with Crippen molar-refractivity contribution in [2.75, 3.05) is 11.9 Å². The zero-order valence-electron chi connectivity index (χ0n) is 12.6. The number of aliphatic hydroxyl groups excluding tert-OH is 1. The molecule has 1 saturated carbocycles. The summed E-state index contributed by atoms with van der Waals surface area (Å²) in [5.41, 5.74) is 0.764. The minimum Gasteiger partial charge on any atom is -0.393 e. The van der Waals surface area contributed by atoms with Crippen LogP contribution < -0.4 is 10.6 Å². The quantitative estimate of drug-likeness (QED) is 0.744. The standard InChI is InChI=1S/C16H21FN2O3/c1-10-8-12(6-7-13(10)17)19-16(22)15(21)18-9-11-4-2-3-5-14(11)20/h6-8,11,14,20H,2-5,9H2,1H3,(H,18,21)(H,19,22)/t11-,14-/m1/s1. The molecule has 2 rings (SSSR count). The number of rotatable bonds is 3. The topological polar surface area (TPSA) is 78.4 Å². The summed E-state index contributed by atoms with van der Waals surface area (Å²) in [6.07, 6.45) is 3.19. The first-order valence-corrected chi connectivity index (χ1v) is 7.51. The number of hydrogen-bond donors (Lipinski definition) is 3. The van der Waals surface area contributed by atoms with Crippen LogP contribution in [0.2, 0.25) is 0 Å². The number of carbonyl (C=O) groups is 2. The maximum Gasteiger partial charge on any atom is 0.313 e. The van der Waals surface area contributed by atoms with Crippen LogP contribution in [0.5, 0.6) is 0 Å². The van der Waals surface area contributed by atoms with Crippen LogP contribution in [0.4, 0.5) is 10.1 Å². The summed E-state index contributed by atoms with van der Waals surface area (Å²) in [5, 5.41) is 14.8. The Morgan fingerprint density at radius 3 is 2.68 bits per heavy atom. The molecule has 1 aromatic rings. The minimum atomic E-state index is -0.795. The van der Waals surface area contributed by atoms with Gasteiger partial charge in [0.1, 0.15) is 5.82 Å². The summed E-state index contributed by atoms with van der Waals surface area (Å²) in [5.74, 6) is -1.91. The van der Waals surface area contributed by atoms with Crippen LogP contribution in [0.25, 0.3) is 0 Å². The Morgan fingerprint density at radius 1 is 1.27 bits per heavy atom. The summed E-state index contributed by atoms with van der Waals surface area (Å²) in [6.45, 7) is 1.87. The van der Waals surface area contributed by atoms with E-state index in [1.807, 2.05) is 0 Å². The molecule has 1 fully saturated rings. The van der Waals surface area contributed by atoms with E-state index in [0.717, 1.165) is 25.7 Å². The summed E-state index contributed by atoms with van der Waals surface area (Å²) in [7, 11) is 0. The van der Waals surface area contributed by atoms with E-state index in [1.165, 1.54) is 18.2 Å². The zero-order valence-corrected chi connectivity index (χ0v) is 12.6. The van der Waals surface area contributed by atoms with Gasteiger partial charge in [-0.15, -0.1) is 0 Å². The molecule has 0 radical (unpaired) electrons. The Morgan fingerprint density at radius 2 is 2.00 bits per heavy atom. The first-order valence-electron chi connectivity index (χ1n) is 7.51. The van der Waals surface area contributed by atoms with Gasteiger partial charge in [-0.1, -0.05) is 12.8 Å². The van der Waals surface area contributed by atoms with Gasteiger partial charge >= 0.3 is 11.8 Å². The maximum atomic E-state index is 13.1. The molecule has 2 amide bonds. The Bertz CT molecular complexity index is 562. The van der Waals surface area contributed by atoms with Crippen molar-refractivity contribution in [3.8, 4) is 0 Å². The molecule has 1 aromatic carbocycles. The highest BCUT2D eigenvalue weighted by Crippen LogP contribution is 2.23. The number of aliphatic hydroxyl groups is 1. The molecule has 0 bridgehead atoms. The molecule has 1 aliphatic rings. The summed E-state index contributed by atoms with van der Waals surface area (Å²) < 4.78 is 13.1. The lowest BCUT2D eigenvalue weighted by atomic mass is 9.86. The number of anilines is 1. The fourth-order valence-corrected chi connectivity index (χ4v) is 2.64. The summed E-state index contributed by atoms with van der Waals surface area (Å²) >= 11 is 0. The van der Waals surface area contributed by atoms with Crippen LogP contribution in [0.15, 0.2) is 18.2 Å². The van der Waals surface area contributed by atoms with Crippen molar-refractivity contribution >= 4 is 17.5 Å². The van der Waals surface area contributed by atoms with Crippen molar-refractivity contribution in [2.24, 2.45) is 5.92 Å². The highest BCUT2D eigenvalue weighted by molar-refractivity contribution is 6.39. The van der Waals surface area contributed by atoms with Crippen LogP contribution in [0, 0.1) is 18.7 Å². The number of aryl methyl sites for hydroxylation is 1. The monoisotopic (exact) mass is 308 g/mol. The Kier molecular flexibility index (Phi) is 5.49. The minimum absolute atomic E-state index is 0.00133. The van der Waals surface area contributed by atoms with E-state index in [-0.39, 0.29) is 18.3 Å². The highest BCUT2D eigenvalue weighted by Gasteiger charge is 2.24. The van der Waals surface area contributed by atoms with Crippen molar-refractivity contribution in [3.05, 3.63) is 29.6 Å².